The minimum Gasteiger partial charge on any atom is -0.354 e. The van der Waals surface area contributed by atoms with Crippen molar-refractivity contribution in [2.45, 2.75) is 66.3 Å². The van der Waals surface area contributed by atoms with Crippen molar-refractivity contribution in [3.05, 3.63) is 74.5 Å². The lowest BCUT2D eigenvalue weighted by Crippen LogP contribution is -2.33. The van der Waals surface area contributed by atoms with Gasteiger partial charge in [0.2, 0.25) is 11.9 Å². The van der Waals surface area contributed by atoms with E-state index < -0.39 is 0 Å². The summed E-state index contributed by atoms with van der Waals surface area (Å²) in [7, 11) is 0. The van der Waals surface area contributed by atoms with Crippen molar-refractivity contribution in [2.75, 3.05) is 0 Å². The van der Waals surface area contributed by atoms with Crippen LogP contribution in [0.25, 0.3) is 5.95 Å². The number of nitrogens with zero attached hydrogens (tertiary/aromatic N) is 3. The number of carbonyl (C=O) groups excluding carboxylic acids is 1. The molecule has 3 aromatic rings. The molecule has 1 aromatic carbocycles. The first-order chi connectivity index (χ1) is 14.8. The van der Waals surface area contributed by atoms with Gasteiger partial charge in [0, 0.05) is 29.4 Å². The number of aromatic nitrogens is 4. The van der Waals surface area contributed by atoms with Crippen molar-refractivity contribution in [1.29, 1.82) is 0 Å². The van der Waals surface area contributed by atoms with Crippen LogP contribution >= 0.6 is 0 Å². The van der Waals surface area contributed by atoms with Gasteiger partial charge in [0.05, 0.1) is 5.69 Å². The van der Waals surface area contributed by atoms with Crippen molar-refractivity contribution in [3.8, 4) is 5.95 Å². The van der Waals surface area contributed by atoms with Crippen LogP contribution in [-0.4, -0.2) is 31.7 Å². The Morgan fingerprint density at radius 2 is 1.81 bits per heavy atom. The molecule has 0 fully saturated rings. The molecular weight excluding hydrogens is 390 g/mol. The number of aryl methyl sites for hydroxylation is 3. The molecule has 31 heavy (non-hydrogen) atoms. The Morgan fingerprint density at radius 3 is 2.48 bits per heavy atom. The SMILES string of the molecule is Cc1nn(-c2nc(C)c(C)c(=O)[nH]2)c(C)c1CCC(=O)N[C@@H](C)CCc1ccccc1. The highest BCUT2D eigenvalue weighted by atomic mass is 16.1. The average Bonchev–Trinajstić information content (AvgIpc) is 3.03. The van der Waals surface area contributed by atoms with E-state index in [1.54, 1.807) is 11.6 Å². The number of aromatic amines is 1. The fourth-order valence-electron chi connectivity index (χ4n) is 3.66. The Bertz CT molecular complexity index is 1110. The molecular formula is C24H31N5O2. The van der Waals surface area contributed by atoms with E-state index in [2.05, 4.69) is 32.5 Å². The van der Waals surface area contributed by atoms with Crippen molar-refractivity contribution in [2.24, 2.45) is 0 Å². The van der Waals surface area contributed by atoms with Crippen LogP contribution in [-0.2, 0) is 17.6 Å². The summed E-state index contributed by atoms with van der Waals surface area (Å²) < 4.78 is 1.65. The third kappa shape index (κ3) is 5.48. The monoisotopic (exact) mass is 421 g/mol. The first kappa shape index (κ1) is 22.5. The quantitative estimate of drug-likeness (QED) is 0.584. The van der Waals surface area contributed by atoms with Gasteiger partial charge in [-0.25, -0.2) is 9.67 Å². The lowest BCUT2D eigenvalue weighted by atomic mass is 10.1. The smallest absolute Gasteiger partial charge is 0.255 e. The fourth-order valence-corrected chi connectivity index (χ4v) is 3.66. The molecule has 0 radical (unpaired) electrons. The summed E-state index contributed by atoms with van der Waals surface area (Å²) >= 11 is 0. The number of hydrogen-bond acceptors (Lipinski definition) is 4. The predicted molar refractivity (Wildman–Crippen MR) is 122 cm³/mol. The molecule has 3 rings (SSSR count). The van der Waals surface area contributed by atoms with Gasteiger partial charge < -0.3 is 5.32 Å². The standard InChI is InChI=1S/C24H31N5O2/c1-15(11-12-20-9-7-6-8-10-20)25-22(30)14-13-21-18(4)28-29(19(21)5)24-26-17(3)16(2)23(31)27-24/h6-10,15H,11-14H2,1-5H3,(H,25,30)(H,26,27,31)/t15-/m0/s1. The molecule has 0 spiro atoms. The van der Waals surface area contributed by atoms with Gasteiger partial charge in [0.25, 0.3) is 5.56 Å². The maximum absolute atomic E-state index is 12.5. The number of H-pyrrole nitrogens is 1. The molecule has 1 atom stereocenters. The van der Waals surface area contributed by atoms with E-state index in [0.717, 1.165) is 29.8 Å². The maximum atomic E-state index is 12.5. The van der Waals surface area contributed by atoms with Crippen molar-refractivity contribution < 1.29 is 4.79 Å². The van der Waals surface area contributed by atoms with E-state index in [9.17, 15) is 9.59 Å². The van der Waals surface area contributed by atoms with Gasteiger partial charge in [-0.05, 0) is 65.0 Å². The topological polar surface area (TPSA) is 92.7 Å². The van der Waals surface area contributed by atoms with Gasteiger partial charge in [-0.2, -0.15) is 5.10 Å². The van der Waals surface area contributed by atoms with Gasteiger partial charge in [-0.15, -0.1) is 0 Å². The predicted octanol–water partition coefficient (Wildman–Crippen LogP) is 3.26. The second-order valence-electron chi connectivity index (χ2n) is 8.15. The fraction of sp³-hybridized carbons (Fsp3) is 0.417. The van der Waals surface area contributed by atoms with Crippen LogP contribution < -0.4 is 10.9 Å². The van der Waals surface area contributed by atoms with E-state index in [4.69, 9.17) is 0 Å². The Balaban J connectivity index is 1.60. The lowest BCUT2D eigenvalue weighted by Gasteiger charge is -2.14. The van der Waals surface area contributed by atoms with Gasteiger partial charge in [-0.1, -0.05) is 30.3 Å². The summed E-state index contributed by atoms with van der Waals surface area (Å²) in [5.74, 6) is 0.434. The van der Waals surface area contributed by atoms with Gasteiger partial charge >= 0.3 is 0 Å². The minimum atomic E-state index is -0.166. The number of hydrogen-bond donors (Lipinski definition) is 2. The first-order valence-corrected chi connectivity index (χ1v) is 10.7. The first-order valence-electron chi connectivity index (χ1n) is 10.7. The Kier molecular flexibility index (Phi) is 7.05. The summed E-state index contributed by atoms with van der Waals surface area (Å²) in [6.07, 6.45) is 2.82. The van der Waals surface area contributed by atoms with E-state index in [-0.39, 0.29) is 17.5 Å². The molecule has 164 valence electrons. The summed E-state index contributed by atoms with van der Waals surface area (Å²) in [5, 5.41) is 7.64. The molecule has 7 nitrogen and oxygen atoms in total. The molecule has 0 aliphatic carbocycles. The Morgan fingerprint density at radius 1 is 1.10 bits per heavy atom. The lowest BCUT2D eigenvalue weighted by molar-refractivity contribution is -0.121. The Labute approximate surface area is 182 Å². The van der Waals surface area contributed by atoms with Gasteiger partial charge in [0.1, 0.15) is 0 Å². The summed E-state index contributed by atoms with van der Waals surface area (Å²) in [5.41, 5.74) is 5.12. The number of nitrogens with one attached hydrogen (secondary N) is 2. The molecule has 0 saturated carbocycles. The Hall–Kier alpha value is -3.22. The highest BCUT2D eigenvalue weighted by Gasteiger charge is 2.17. The molecule has 0 saturated heterocycles. The van der Waals surface area contributed by atoms with Crippen LogP contribution in [0.5, 0.6) is 0 Å². The zero-order valence-corrected chi connectivity index (χ0v) is 19.0. The zero-order chi connectivity index (χ0) is 22.5. The van der Waals surface area contributed by atoms with Crippen LogP contribution in [0.4, 0.5) is 0 Å². The summed E-state index contributed by atoms with van der Waals surface area (Å²) in [4.78, 5) is 31.8. The molecule has 0 aliphatic rings. The van der Waals surface area contributed by atoms with Crippen LogP contribution in [0.15, 0.2) is 35.1 Å². The largest absolute Gasteiger partial charge is 0.354 e. The third-order valence-corrected chi connectivity index (χ3v) is 5.74. The van der Waals surface area contributed by atoms with E-state index in [1.807, 2.05) is 45.9 Å². The van der Waals surface area contributed by atoms with Gasteiger partial charge in [0.15, 0.2) is 0 Å². The number of amides is 1. The number of rotatable bonds is 8. The van der Waals surface area contributed by atoms with Crippen molar-refractivity contribution in [1.82, 2.24) is 25.1 Å². The molecule has 2 heterocycles. The third-order valence-electron chi connectivity index (χ3n) is 5.74. The van der Waals surface area contributed by atoms with E-state index in [0.29, 0.717) is 30.0 Å². The minimum absolute atomic E-state index is 0.0322. The zero-order valence-electron chi connectivity index (χ0n) is 19.0. The van der Waals surface area contributed by atoms with Crippen LogP contribution in [0.2, 0.25) is 0 Å². The average molecular weight is 422 g/mol. The van der Waals surface area contributed by atoms with Crippen LogP contribution in [0, 0.1) is 27.7 Å². The number of benzene rings is 1. The second kappa shape index (κ2) is 9.73. The van der Waals surface area contributed by atoms with Gasteiger partial charge in [-0.3, -0.25) is 14.6 Å². The second-order valence-corrected chi connectivity index (χ2v) is 8.15. The number of carbonyl (C=O) groups is 1. The molecule has 7 heteroatoms. The van der Waals surface area contributed by atoms with Crippen molar-refractivity contribution >= 4 is 5.91 Å². The summed E-state index contributed by atoms with van der Waals surface area (Å²) in [6, 6.07) is 10.4. The molecule has 0 aliphatic heterocycles. The maximum Gasteiger partial charge on any atom is 0.255 e. The normalized spacial score (nSPS) is 12.0. The molecule has 1 amide bonds. The van der Waals surface area contributed by atoms with E-state index in [1.165, 1.54) is 5.56 Å². The molecule has 2 aromatic heterocycles. The van der Waals surface area contributed by atoms with Crippen LogP contribution in [0.1, 0.15) is 53.5 Å². The molecule has 0 unspecified atom stereocenters. The van der Waals surface area contributed by atoms with E-state index >= 15 is 0 Å². The molecule has 2 N–H and O–H groups in total. The molecule has 0 bridgehead atoms. The summed E-state index contributed by atoms with van der Waals surface area (Å²) in [6.45, 7) is 9.45. The van der Waals surface area contributed by atoms with Crippen molar-refractivity contribution in [3.63, 3.8) is 0 Å². The highest BCUT2D eigenvalue weighted by Crippen LogP contribution is 2.18. The highest BCUT2D eigenvalue weighted by molar-refractivity contribution is 5.76. The van der Waals surface area contributed by atoms with Crippen LogP contribution in [0.3, 0.4) is 0 Å².